The molecule has 0 heterocycles. The average molecular weight is 499 g/mol. The van der Waals surface area contributed by atoms with Crippen LogP contribution < -0.4 is 20.1 Å². The summed E-state index contributed by atoms with van der Waals surface area (Å²) in [5, 5.41) is 6.50. The van der Waals surface area contributed by atoms with Gasteiger partial charge in [0.1, 0.15) is 11.5 Å². The Bertz CT molecular complexity index is 684. The van der Waals surface area contributed by atoms with E-state index >= 15 is 0 Å². The summed E-state index contributed by atoms with van der Waals surface area (Å²) in [7, 11) is 3.42. The number of guanidine groups is 1. The molecule has 2 aromatic rings. The molecule has 0 saturated heterocycles. The molecule has 0 bridgehead atoms. The fraction of sp³-hybridized carbons (Fsp3) is 0.381. The number of hydrogen-bond donors (Lipinski definition) is 2. The first-order valence-corrected chi connectivity index (χ1v) is 9.15. The molecule has 0 aromatic heterocycles. The van der Waals surface area contributed by atoms with E-state index in [1.54, 1.807) is 14.2 Å². The Morgan fingerprint density at radius 1 is 0.929 bits per heavy atom. The summed E-state index contributed by atoms with van der Waals surface area (Å²) in [6.45, 7) is 3.23. The summed E-state index contributed by atoms with van der Waals surface area (Å²) in [6, 6.07) is 17.7. The molecule has 0 saturated carbocycles. The first-order valence-electron chi connectivity index (χ1n) is 9.15. The Balaban J connectivity index is 0.00000392. The van der Waals surface area contributed by atoms with Crippen LogP contribution in [0.1, 0.15) is 12.0 Å². The SMILES string of the molecule is CN=C(NCCCOc1ccccc1)NCCOCc1ccccc1OC.I. The molecular formula is C21H30IN3O3. The molecule has 0 spiro atoms. The normalized spacial score (nSPS) is 10.7. The second-order valence-electron chi connectivity index (χ2n) is 5.81. The topological polar surface area (TPSA) is 64.1 Å². The quantitative estimate of drug-likeness (QED) is 0.215. The zero-order valence-electron chi connectivity index (χ0n) is 16.5. The summed E-state index contributed by atoms with van der Waals surface area (Å²) >= 11 is 0. The minimum absolute atomic E-state index is 0. The van der Waals surface area contributed by atoms with Crippen LogP contribution in [0, 0.1) is 0 Å². The van der Waals surface area contributed by atoms with Crippen molar-refractivity contribution in [1.29, 1.82) is 0 Å². The van der Waals surface area contributed by atoms with E-state index in [1.807, 2.05) is 54.6 Å². The van der Waals surface area contributed by atoms with Gasteiger partial charge in [0.25, 0.3) is 0 Å². The smallest absolute Gasteiger partial charge is 0.191 e. The van der Waals surface area contributed by atoms with Crippen molar-refractivity contribution in [1.82, 2.24) is 10.6 Å². The van der Waals surface area contributed by atoms with Crippen molar-refractivity contribution in [3.63, 3.8) is 0 Å². The molecule has 0 radical (unpaired) electrons. The molecule has 28 heavy (non-hydrogen) atoms. The zero-order valence-corrected chi connectivity index (χ0v) is 18.8. The predicted molar refractivity (Wildman–Crippen MR) is 124 cm³/mol. The lowest BCUT2D eigenvalue weighted by atomic mass is 10.2. The minimum atomic E-state index is 0. The summed E-state index contributed by atoms with van der Waals surface area (Å²) in [4.78, 5) is 4.21. The first kappa shape index (κ1) is 24.0. The molecule has 0 fully saturated rings. The Labute approximate surface area is 184 Å². The fourth-order valence-electron chi connectivity index (χ4n) is 2.45. The van der Waals surface area contributed by atoms with Crippen LogP contribution in [0.5, 0.6) is 11.5 Å². The molecule has 2 aromatic carbocycles. The van der Waals surface area contributed by atoms with Crippen molar-refractivity contribution in [2.75, 3.05) is 40.5 Å². The summed E-state index contributed by atoms with van der Waals surface area (Å²) in [5.74, 6) is 2.50. The van der Waals surface area contributed by atoms with Crippen LogP contribution in [0.15, 0.2) is 59.6 Å². The first-order chi connectivity index (χ1) is 13.3. The standard InChI is InChI=1S/C21H29N3O3.HI/c1-22-21(23-13-8-15-27-19-10-4-3-5-11-19)24-14-16-26-17-18-9-6-7-12-20(18)25-2;/h3-7,9-12H,8,13-17H2,1-2H3,(H2,22,23,24);1H. The van der Waals surface area contributed by atoms with E-state index in [9.17, 15) is 0 Å². The van der Waals surface area contributed by atoms with Crippen molar-refractivity contribution >= 4 is 29.9 Å². The van der Waals surface area contributed by atoms with Gasteiger partial charge in [-0.2, -0.15) is 0 Å². The van der Waals surface area contributed by atoms with Gasteiger partial charge in [0.2, 0.25) is 0 Å². The van der Waals surface area contributed by atoms with Crippen LogP contribution in [0.2, 0.25) is 0 Å². The molecule has 6 nitrogen and oxygen atoms in total. The van der Waals surface area contributed by atoms with Gasteiger partial charge in [-0.25, -0.2) is 0 Å². The molecule has 0 atom stereocenters. The van der Waals surface area contributed by atoms with E-state index in [2.05, 4.69) is 15.6 Å². The zero-order chi connectivity index (χ0) is 19.2. The van der Waals surface area contributed by atoms with Crippen molar-refractivity contribution in [3.05, 3.63) is 60.2 Å². The molecule has 7 heteroatoms. The van der Waals surface area contributed by atoms with E-state index in [0.29, 0.717) is 26.4 Å². The Morgan fingerprint density at radius 3 is 2.39 bits per heavy atom. The Kier molecular flexibility index (Phi) is 12.9. The van der Waals surface area contributed by atoms with Crippen LogP contribution in [-0.4, -0.2) is 46.4 Å². The second-order valence-corrected chi connectivity index (χ2v) is 5.81. The van der Waals surface area contributed by atoms with Crippen molar-refractivity contribution < 1.29 is 14.2 Å². The van der Waals surface area contributed by atoms with Crippen molar-refractivity contribution in [2.24, 2.45) is 4.99 Å². The van der Waals surface area contributed by atoms with Gasteiger partial charge in [0.15, 0.2) is 5.96 Å². The lowest BCUT2D eigenvalue weighted by Crippen LogP contribution is -2.39. The third-order valence-corrected chi connectivity index (χ3v) is 3.84. The number of rotatable bonds is 11. The number of para-hydroxylation sites is 2. The monoisotopic (exact) mass is 499 g/mol. The van der Waals surface area contributed by atoms with E-state index in [4.69, 9.17) is 14.2 Å². The van der Waals surface area contributed by atoms with Gasteiger partial charge in [-0.3, -0.25) is 4.99 Å². The third-order valence-electron chi connectivity index (χ3n) is 3.84. The van der Waals surface area contributed by atoms with Gasteiger partial charge < -0.3 is 24.8 Å². The van der Waals surface area contributed by atoms with Crippen LogP contribution in [0.25, 0.3) is 0 Å². The molecular weight excluding hydrogens is 469 g/mol. The molecule has 0 aliphatic rings. The van der Waals surface area contributed by atoms with Crippen LogP contribution >= 0.6 is 24.0 Å². The third kappa shape index (κ3) is 9.27. The highest BCUT2D eigenvalue weighted by atomic mass is 127. The van der Waals surface area contributed by atoms with Gasteiger partial charge in [-0.1, -0.05) is 36.4 Å². The average Bonchev–Trinajstić information content (AvgIpc) is 2.72. The summed E-state index contributed by atoms with van der Waals surface area (Å²) in [5.41, 5.74) is 1.04. The largest absolute Gasteiger partial charge is 0.496 e. The highest BCUT2D eigenvalue weighted by molar-refractivity contribution is 14.0. The number of halogens is 1. The van der Waals surface area contributed by atoms with E-state index in [-0.39, 0.29) is 24.0 Å². The van der Waals surface area contributed by atoms with Gasteiger partial charge in [0.05, 0.1) is 26.9 Å². The van der Waals surface area contributed by atoms with E-state index < -0.39 is 0 Å². The van der Waals surface area contributed by atoms with Gasteiger partial charge in [-0.15, -0.1) is 24.0 Å². The molecule has 0 amide bonds. The molecule has 0 aliphatic carbocycles. The number of hydrogen-bond acceptors (Lipinski definition) is 4. The molecule has 2 N–H and O–H groups in total. The summed E-state index contributed by atoms with van der Waals surface area (Å²) in [6.07, 6.45) is 0.889. The van der Waals surface area contributed by atoms with Gasteiger partial charge in [0, 0.05) is 25.7 Å². The van der Waals surface area contributed by atoms with Crippen molar-refractivity contribution in [2.45, 2.75) is 13.0 Å². The van der Waals surface area contributed by atoms with E-state index in [0.717, 1.165) is 36.0 Å². The Morgan fingerprint density at radius 2 is 1.64 bits per heavy atom. The second kappa shape index (κ2) is 15.0. The van der Waals surface area contributed by atoms with Crippen LogP contribution in [0.3, 0.4) is 0 Å². The number of nitrogens with one attached hydrogen (secondary N) is 2. The van der Waals surface area contributed by atoms with Crippen LogP contribution in [-0.2, 0) is 11.3 Å². The lowest BCUT2D eigenvalue weighted by molar-refractivity contribution is 0.123. The minimum Gasteiger partial charge on any atom is -0.496 e. The van der Waals surface area contributed by atoms with Crippen LogP contribution in [0.4, 0.5) is 0 Å². The number of benzene rings is 2. The maximum Gasteiger partial charge on any atom is 0.191 e. The number of nitrogens with zero attached hydrogens (tertiary/aromatic N) is 1. The number of aliphatic imine (C=N–C) groups is 1. The number of ether oxygens (including phenoxy) is 3. The van der Waals surface area contributed by atoms with Gasteiger partial charge >= 0.3 is 0 Å². The van der Waals surface area contributed by atoms with Gasteiger partial charge in [-0.05, 0) is 24.6 Å². The maximum absolute atomic E-state index is 5.70. The highest BCUT2D eigenvalue weighted by Gasteiger charge is 2.02. The molecule has 0 aliphatic heterocycles. The number of methoxy groups -OCH3 is 1. The fourth-order valence-corrected chi connectivity index (χ4v) is 2.45. The molecule has 154 valence electrons. The lowest BCUT2D eigenvalue weighted by Gasteiger charge is -2.13. The summed E-state index contributed by atoms with van der Waals surface area (Å²) < 4.78 is 16.7. The van der Waals surface area contributed by atoms with Crippen molar-refractivity contribution in [3.8, 4) is 11.5 Å². The maximum atomic E-state index is 5.70. The molecule has 0 unspecified atom stereocenters. The highest BCUT2D eigenvalue weighted by Crippen LogP contribution is 2.17. The predicted octanol–water partition coefficient (Wildman–Crippen LogP) is 3.46. The van der Waals surface area contributed by atoms with E-state index in [1.165, 1.54) is 0 Å². The molecule has 2 rings (SSSR count). The Hall–Kier alpha value is -2.00.